The second-order valence-corrected chi connectivity index (χ2v) is 11.2. The van der Waals surface area contributed by atoms with Crippen LogP contribution in [0, 0.1) is 11.3 Å². The Morgan fingerprint density at radius 1 is 1.05 bits per heavy atom. The van der Waals surface area contributed by atoms with Gasteiger partial charge in [0.15, 0.2) is 5.17 Å². The molecule has 2 N–H and O–H groups in total. The molecule has 40 heavy (non-hydrogen) atoms. The molecule has 0 radical (unpaired) electrons. The Hall–Kier alpha value is -3.91. The summed E-state index contributed by atoms with van der Waals surface area (Å²) in [6, 6.07) is 23.7. The number of hydrogen-bond donors (Lipinski definition) is 2. The topological polar surface area (TPSA) is 93.0 Å². The average Bonchev–Trinajstić information content (AvgIpc) is 3.45. The smallest absolute Gasteiger partial charge is 0.269 e. The average molecular weight is 571 g/mol. The number of anilines is 3. The van der Waals surface area contributed by atoms with Crippen molar-refractivity contribution in [3.05, 3.63) is 87.8 Å². The Morgan fingerprint density at radius 2 is 1.88 bits per heavy atom. The third kappa shape index (κ3) is 5.82. The maximum atomic E-state index is 14.0. The molecule has 0 unspecified atom stereocenters. The Morgan fingerprint density at radius 3 is 2.62 bits per heavy atom. The zero-order valence-corrected chi connectivity index (χ0v) is 24.2. The SMILES string of the molecule is CCNc1ccc(C#N)cc1/N=C1/S/C(=C2\Sc3cc(NCCOC)ccc3N2C)C(=O)N1Cc1ccccc1. The maximum Gasteiger partial charge on any atom is 0.269 e. The first-order valence-electron chi connectivity index (χ1n) is 13.0. The van der Waals surface area contributed by atoms with Gasteiger partial charge in [0.05, 0.1) is 46.9 Å². The Labute approximate surface area is 243 Å². The third-order valence-corrected chi connectivity index (χ3v) is 8.83. The molecule has 2 heterocycles. The zero-order valence-electron chi connectivity index (χ0n) is 22.6. The number of amidine groups is 1. The number of aliphatic imine (C=N–C) groups is 1. The highest BCUT2D eigenvalue weighted by atomic mass is 32.2. The van der Waals surface area contributed by atoms with Gasteiger partial charge in [0.2, 0.25) is 0 Å². The van der Waals surface area contributed by atoms with Crippen LogP contribution < -0.4 is 15.5 Å². The van der Waals surface area contributed by atoms with Crippen LogP contribution in [0.15, 0.2) is 86.6 Å². The molecule has 1 fully saturated rings. The molecule has 1 saturated heterocycles. The largest absolute Gasteiger partial charge is 0.384 e. The molecule has 0 spiro atoms. The van der Waals surface area contributed by atoms with Gasteiger partial charge < -0.3 is 20.3 Å². The van der Waals surface area contributed by atoms with E-state index in [0.29, 0.717) is 47.6 Å². The van der Waals surface area contributed by atoms with E-state index in [-0.39, 0.29) is 5.91 Å². The Bertz CT molecular complexity index is 1520. The van der Waals surface area contributed by atoms with Gasteiger partial charge in [0.1, 0.15) is 4.91 Å². The number of thioether (sulfide) groups is 2. The molecule has 3 aromatic rings. The van der Waals surface area contributed by atoms with Crippen LogP contribution in [0.5, 0.6) is 0 Å². The van der Waals surface area contributed by atoms with Crippen LogP contribution in [0.1, 0.15) is 18.1 Å². The van der Waals surface area contributed by atoms with Gasteiger partial charge in [-0.3, -0.25) is 9.69 Å². The highest BCUT2D eigenvalue weighted by Crippen LogP contribution is 2.51. The van der Waals surface area contributed by atoms with E-state index >= 15 is 0 Å². The first kappa shape index (κ1) is 27.6. The number of fused-ring (bicyclic) bond motifs is 1. The van der Waals surface area contributed by atoms with Crippen molar-refractivity contribution in [3.63, 3.8) is 0 Å². The molecule has 8 nitrogen and oxygen atoms in total. The van der Waals surface area contributed by atoms with Gasteiger partial charge in [-0.1, -0.05) is 42.1 Å². The van der Waals surface area contributed by atoms with Crippen LogP contribution in [-0.4, -0.2) is 49.8 Å². The van der Waals surface area contributed by atoms with Gasteiger partial charge in [-0.15, -0.1) is 0 Å². The van der Waals surface area contributed by atoms with E-state index in [2.05, 4.69) is 33.7 Å². The number of rotatable bonds is 9. The van der Waals surface area contributed by atoms with E-state index in [1.165, 1.54) is 11.8 Å². The van der Waals surface area contributed by atoms with Gasteiger partial charge in [0.25, 0.3) is 5.91 Å². The number of carbonyl (C=O) groups excluding carboxylic acids is 1. The monoisotopic (exact) mass is 570 g/mol. The molecule has 0 bridgehead atoms. The highest BCUT2D eigenvalue weighted by molar-refractivity contribution is 8.19. The number of ether oxygens (including phenoxy) is 1. The molecular formula is C30H30N6O2S2. The first-order chi connectivity index (χ1) is 19.5. The third-order valence-electron chi connectivity index (χ3n) is 6.42. The van der Waals surface area contributed by atoms with Crippen molar-refractivity contribution in [1.29, 1.82) is 5.26 Å². The molecule has 10 heteroatoms. The summed E-state index contributed by atoms with van der Waals surface area (Å²) in [5.74, 6) is -0.0883. The number of nitrogens with zero attached hydrogens (tertiary/aromatic N) is 4. The number of benzene rings is 3. The van der Waals surface area contributed by atoms with Crippen molar-refractivity contribution >= 4 is 57.3 Å². The lowest BCUT2D eigenvalue weighted by Crippen LogP contribution is -2.29. The number of amides is 1. The molecule has 2 aliphatic rings. The summed E-state index contributed by atoms with van der Waals surface area (Å²) < 4.78 is 5.15. The molecule has 0 atom stereocenters. The van der Waals surface area contributed by atoms with E-state index in [9.17, 15) is 10.1 Å². The predicted molar refractivity (Wildman–Crippen MR) is 165 cm³/mol. The maximum absolute atomic E-state index is 14.0. The van der Waals surface area contributed by atoms with Crippen LogP contribution >= 0.6 is 23.5 Å². The second kappa shape index (κ2) is 12.5. The molecule has 2 aliphatic heterocycles. The fourth-order valence-electron chi connectivity index (χ4n) is 4.42. The molecule has 0 saturated carbocycles. The molecule has 3 aromatic carbocycles. The van der Waals surface area contributed by atoms with Gasteiger partial charge in [-0.2, -0.15) is 5.26 Å². The van der Waals surface area contributed by atoms with Crippen LogP contribution in [0.25, 0.3) is 0 Å². The lowest BCUT2D eigenvalue weighted by molar-refractivity contribution is -0.122. The van der Waals surface area contributed by atoms with Gasteiger partial charge in [0, 0.05) is 37.8 Å². The minimum absolute atomic E-state index is 0.0883. The first-order valence-corrected chi connectivity index (χ1v) is 14.6. The van der Waals surface area contributed by atoms with E-state index in [1.54, 1.807) is 35.9 Å². The number of nitriles is 1. The van der Waals surface area contributed by atoms with Crippen molar-refractivity contribution in [2.24, 2.45) is 4.99 Å². The van der Waals surface area contributed by atoms with E-state index in [4.69, 9.17) is 9.73 Å². The Balaban J connectivity index is 1.53. The molecule has 0 aromatic heterocycles. The minimum Gasteiger partial charge on any atom is -0.384 e. The highest BCUT2D eigenvalue weighted by Gasteiger charge is 2.39. The van der Waals surface area contributed by atoms with E-state index in [0.717, 1.165) is 32.6 Å². The van der Waals surface area contributed by atoms with Crippen LogP contribution in [0.3, 0.4) is 0 Å². The number of carbonyl (C=O) groups is 1. The Kier molecular flexibility index (Phi) is 8.65. The molecule has 1 amide bonds. The summed E-state index contributed by atoms with van der Waals surface area (Å²) >= 11 is 2.96. The minimum atomic E-state index is -0.0883. The standard InChI is InChI=1S/C30H30N6O2S2/c1-4-32-23-12-10-21(18-31)16-24(23)34-30-36(19-20-8-6-5-7-9-20)28(37)27(40-30)29-35(2)25-13-11-22(17-26(25)39-29)33-14-15-38-3/h5-13,16-17,32-33H,4,14-15,19H2,1-3H3/b29-27-,34-30+. The molecule has 0 aliphatic carbocycles. The number of methoxy groups -OCH3 is 1. The van der Waals surface area contributed by atoms with Crippen LogP contribution in [-0.2, 0) is 16.1 Å². The lowest BCUT2D eigenvalue weighted by Gasteiger charge is -2.17. The number of hydrogen-bond acceptors (Lipinski definition) is 9. The normalized spacial score (nSPS) is 17.4. The van der Waals surface area contributed by atoms with E-state index < -0.39 is 0 Å². The van der Waals surface area contributed by atoms with Gasteiger partial charge in [-0.05, 0) is 60.6 Å². The summed E-state index contributed by atoms with van der Waals surface area (Å²) in [7, 11) is 3.67. The van der Waals surface area contributed by atoms with Gasteiger partial charge >= 0.3 is 0 Å². The summed E-state index contributed by atoms with van der Waals surface area (Å²) in [6.45, 7) is 4.45. The van der Waals surface area contributed by atoms with Crippen LogP contribution in [0.2, 0.25) is 0 Å². The van der Waals surface area contributed by atoms with Gasteiger partial charge in [-0.25, -0.2) is 4.99 Å². The van der Waals surface area contributed by atoms with Crippen molar-refractivity contribution < 1.29 is 9.53 Å². The van der Waals surface area contributed by atoms with E-state index in [1.807, 2.05) is 56.4 Å². The lowest BCUT2D eigenvalue weighted by atomic mass is 10.2. The zero-order chi connectivity index (χ0) is 28.1. The van der Waals surface area contributed by atoms with Crippen molar-refractivity contribution in [3.8, 4) is 6.07 Å². The molecule has 5 rings (SSSR count). The van der Waals surface area contributed by atoms with Crippen molar-refractivity contribution in [2.45, 2.75) is 18.4 Å². The molecule has 204 valence electrons. The summed E-state index contributed by atoms with van der Waals surface area (Å²) in [6.07, 6.45) is 0. The predicted octanol–water partition coefficient (Wildman–Crippen LogP) is 6.22. The summed E-state index contributed by atoms with van der Waals surface area (Å²) in [5.41, 5.74) is 5.03. The van der Waals surface area contributed by atoms with Crippen molar-refractivity contribution in [1.82, 2.24) is 4.90 Å². The molecular weight excluding hydrogens is 541 g/mol. The fourth-order valence-corrected chi connectivity index (χ4v) is 6.80. The summed E-state index contributed by atoms with van der Waals surface area (Å²) in [4.78, 5) is 24.5. The van der Waals surface area contributed by atoms with Crippen molar-refractivity contribution in [2.75, 3.05) is 49.4 Å². The number of nitrogens with one attached hydrogen (secondary N) is 2. The second-order valence-electron chi connectivity index (χ2n) is 9.14. The van der Waals surface area contributed by atoms with Crippen LogP contribution in [0.4, 0.5) is 22.7 Å². The fraction of sp³-hybridized carbons (Fsp3) is 0.233. The summed E-state index contributed by atoms with van der Waals surface area (Å²) in [5, 5.41) is 17.6. The quantitative estimate of drug-likeness (QED) is 0.231.